The number of hydrogen-bond acceptors (Lipinski definition) is 4. The number of ether oxygens (including phenoxy) is 1. The second-order valence-corrected chi connectivity index (χ2v) is 7.44. The van der Waals surface area contributed by atoms with E-state index >= 15 is 0 Å². The van der Waals surface area contributed by atoms with Gasteiger partial charge >= 0.3 is 0 Å². The van der Waals surface area contributed by atoms with Crippen molar-refractivity contribution in [2.45, 2.75) is 58.0 Å². The number of hydrogen-bond donors (Lipinski definition) is 1. The molecule has 140 valence electrons. The Labute approximate surface area is 154 Å². The van der Waals surface area contributed by atoms with E-state index in [1.54, 1.807) is 0 Å². The van der Waals surface area contributed by atoms with Gasteiger partial charge < -0.3 is 10.1 Å². The maximum Gasteiger partial charge on any atom is 0.270 e. The van der Waals surface area contributed by atoms with Crippen molar-refractivity contribution in [2.75, 3.05) is 19.7 Å². The number of fused-ring (bicyclic) bond motifs is 1. The van der Waals surface area contributed by atoms with Gasteiger partial charge in [-0.25, -0.2) is 4.98 Å². The van der Waals surface area contributed by atoms with Crippen LogP contribution in [-0.2, 0) is 0 Å². The highest BCUT2D eigenvalue weighted by molar-refractivity contribution is 5.95. The molecule has 1 atom stereocenters. The van der Waals surface area contributed by atoms with Gasteiger partial charge in [0.1, 0.15) is 5.69 Å². The van der Waals surface area contributed by atoms with Crippen LogP contribution in [0.3, 0.4) is 0 Å². The highest BCUT2D eigenvalue weighted by Crippen LogP contribution is 2.27. The zero-order valence-corrected chi connectivity index (χ0v) is 15.7. The number of imidazole rings is 1. The predicted octanol–water partition coefficient (Wildman–Crippen LogP) is 2.79. The molecule has 0 unspecified atom stereocenters. The first-order valence-corrected chi connectivity index (χ1v) is 9.82. The quantitative estimate of drug-likeness (QED) is 0.895. The molecule has 26 heavy (non-hydrogen) atoms. The minimum absolute atomic E-state index is 0.0379. The number of nitrogens with zero attached hydrogens (tertiary/aromatic N) is 3. The number of amides is 1. The lowest BCUT2D eigenvalue weighted by atomic mass is 9.89. The molecule has 1 N–H and O–H groups in total. The molecule has 0 bridgehead atoms. The Bertz CT molecular complexity index is 796. The van der Waals surface area contributed by atoms with Gasteiger partial charge in [0.05, 0.1) is 12.3 Å². The zero-order chi connectivity index (χ0) is 18.1. The van der Waals surface area contributed by atoms with Crippen LogP contribution in [0.2, 0.25) is 0 Å². The first kappa shape index (κ1) is 17.3. The van der Waals surface area contributed by atoms with Crippen LogP contribution in [-0.4, -0.2) is 52.0 Å². The van der Waals surface area contributed by atoms with Gasteiger partial charge in [0, 0.05) is 24.8 Å². The molecule has 2 aliphatic rings. The van der Waals surface area contributed by atoms with Gasteiger partial charge in [-0.1, -0.05) is 6.42 Å². The highest BCUT2D eigenvalue weighted by Gasteiger charge is 2.30. The predicted molar refractivity (Wildman–Crippen MR) is 101 cm³/mol. The minimum Gasteiger partial charge on any atom is -0.490 e. The van der Waals surface area contributed by atoms with Gasteiger partial charge in [-0.15, -0.1) is 0 Å². The van der Waals surface area contributed by atoms with Gasteiger partial charge in [-0.3, -0.25) is 14.1 Å². The van der Waals surface area contributed by atoms with E-state index in [0.29, 0.717) is 23.7 Å². The number of piperidine rings is 1. The molecule has 0 spiro atoms. The normalized spacial score (nSPS) is 21.5. The molecule has 1 saturated carbocycles. The van der Waals surface area contributed by atoms with E-state index in [4.69, 9.17) is 4.74 Å². The van der Waals surface area contributed by atoms with Crippen LogP contribution >= 0.6 is 0 Å². The number of likely N-dealkylation sites (tertiary alicyclic amines) is 1. The van der Waals surface area contributed by atoms with Crippen LogP contribution in [0.1, 0.15) is 55.2 Å². The third kappa shape index (κ3) is 3.18. The number of carbonyl (C=O) groups is 1. The van der Waals surface area contributed by atoms with E-state index in [9.17, 15) is 4.79 Å². The minimum atomic E-state index is -0.0379. The van der Waals surface area contributed by atoms with Gasteiger partial charge in [-0.2, -0.15) is 0 Å². The summed E-state index contributed by atoms with van der Waals surface area (Å²) >= 11 is 0. The number of aryl methyl sites for hydroxylation is 1. The number of nitrogens with one attached hydrogen (secondary N) is 1. The topological polar surface area (TPSA) is 58.9 Å². The van der Waals surface area contributed by atoms with Crippen molar-refractivity contribution in [2.24, 2.45) is 0 Å². The summed E-state index contributed by atoms with van der Waals surface area (Å²) in [7, 11) is 0. The summed E-state index contributed by atoms with van der Waals surface area (Å²) in [4.78, 5) is 20.1. The van der Waals surface area contributed by atoms with Crippen molar-refractivity contribution >= 4 is 11.6 Å². The first-order valence-electron chi connectivity index (χ1n) is 9.82. The average molecular weight is 356 g/mol. The van der Waals surface area contributed by atoms with E-state index in [-0.39, 0.29) is 11.9 Å². The number of rotatable bonds is 5. The van der Waals surface area contributed by atoms with Crippen molar-refractivity contribution in [1.29, 1.82) is 0 Å². The fourth-order valence-electron chi connectivity index (χ4n) is 4.16. The Balaban J connectivity index is 1.52. The van der Waals surface area contributed by atoms with Crippen molar-refractivity contribution < 1.29 is 9.53 Å². The second-order valence-electron chi connectivity index (χ2n) is 7.44. The Morgan fingerprint density at radius 1 is 1.35 bits per heavy atom. The summed E-state index contributed by atoms with van der Waals surface area (Å²) in [5, 5.41) is 3.26. The molecule has 2 aromatic rings. The van der Waals surface area contributed by atoms with Crippen LogP contribution in [0.25, 0.3) is 5.65 Å². The molecular formula is C20H28N4O2. The molecule has 3 heterocycles. The Morgan fingerprint density at radius 3 is 2.92 bits per heavy atom. The van der Waals surface area contributed by atoms with Gasteiger partial charge in [-0.05, 0) is 58.2 Å². The van der Waals surface area contributed by atoms with Crippen molar-refractivity contribution in [3.63, 3.8) is 0 Å². The van der Waals surface area contributed by atoms with E-state index in [1.165, 1.54) is 25.8 Å². The van der Waals surface area contributed by atoms with Crippen LogP contribution in [0, 0.1) is 6.92 Å². The lowest BCUT2D eigenvalue weighted by molar-refractivity contribution is 0.0751. The molecule has 4 rings (SSSR count). The highest BCUT2D eigenvalue weighted by atomic mass is 16.5. The molecular weight excluding hydrogens is 328 g/mol. The molecule has 0 aromatic carbocycles. The van der Waals surface area contributed by atoms with E-state index in [0.717, 1.165) is 31.1 Å². The van der Waals surface area contributed by atoms with Crippen LogP contribution in [0.4, 0.5) is 0 Å². The van der Waals surface area contributed by atoms with Crippen molar-refractivity contribution in [3.8, 4) is 5.75 Å². The lowest BCUT2D eigenvalue weighted by Gasteiger charge is -2.42. The summed E-state index contributed by atoms with van der Waals surface area (Å²) in [6.45, 7) is 6.55. The third-order valence-electron chi connectivity index (χ3n) is 5.68. The summed E-state index contributed by atoms with van der Waals surface area (Å²) in [6.07, 6.45) is 8.06. The molecule has 1 saturated heterocycles. The Morgan fingerprint density at radius 2 is 2.19 bits per heavy atom. The van der Waals surface area contributed by atoms with Crippen LogP contribution in [0.5, 0.6) is 5.75 Å². The SMILES string of the molecule is CCOc1cccn2c(C(=O)N[C@H]3CCCN(C4CCC4)C3)c(C)nc12. The number of pyridine rings is 1. The summed E-state index contributed by atoms with van der Waals surface area (Å²) in [6, 6.07) is 4.75. The molecule has 1 aliphatic carbocycles. The maximum absolute atomic E-state index is 13.0. The van der Waals surface area contributed by atoms with Gasteiger partial charge in [0.15, 0.2) is 11.4 Å². The van der Waals surface area contributed by atoms with E-state index in [1.807, 2.05) is 36.6 Å². The fraction of sp³-hybridized carbons (Fsp3) is 0.600. The summed E-state index contributed by atoms with van der Waals surface area (Å²) in [5.41, 5.74) is 2.06. The third-order valence-corrected chi connectivity index (χ3v) is 5.68. The molecule has 2 fully saturated rings. The van der Waals surface area contributed by atoms with E-state index in [2.05, 4.69) is 15.2 Å². The molecule has 6 nitrogen and oxygen atoms in total. The Kier molecular flexibility index (Phi) is 4.85. The summed E-state index contributed by atoms with van der Waals surface area (Å²) < 4.78 is 7.50. The molecule has 1 aliphatic heterocycles. The second kappa shape index (κ2) is 7.27. The standard InChI is InChI=1S/C20H28N4O2/c1-3-26-17-10-6-12-24-18(14(2)21-19(17)24)20(25)22-15-7-5-11-23(13-15)16-8-4-9-16/h6,10,12,15-16H,3-5,7-9,11,13H2,1-2H3,(H,22,25)/t15-/m0/s1. The number of carbonyl (C=O) groups excluding carboxylic acids is 1. The largest absolute Gasteiger partial charge is 0.490 e. The molecule has 6 heteroatoms. The maximum atomic E-state index is 13.0. The van der Waals surface area contributed by atoms with Crippen molar-refractivity contribution in [1.82, 2.24) is 19.6 Å². The van der Waals surface area contributed by atoms with Crippen LogP contribution in [0.15, 0.2) is 18.3 Å². The van der Waals surface area contributed by atoms with Crippen molar-refractivity contribution in [3.05, 3.63) is 29.7 Å². The Hall–Kier alpha value is -2.08. The molecule has 2 aromatic heterocycles. The summed E-state index contributed by atoms with van der Waals surface area (Å²) in [5.74, 6) is 0.676. The fourth-order valence-corrected chi connectivity index (χ4v) is 4.16. The lowest BCUT2D eigenvalue weighted by Crippen LogP contribution is -2.52. The first-order chi connectivity index (χ1) is 12.7. The average Bonchev–Trinajstić information content (AvgIpc) is 2.91. The number of aromatic nitrogens is 2. The smallest absolute Gasteiger partial charge is 0.270 e. The van der Waals surface area contributed by atoms with Gasteiger partial charge in [0.2, 0.25) is 0 Å². The van der Waals surface area contributed by atoms with E-state index < -0.39 is 0 Å². The molecule has 1 amide bonds. The monoisotopic (exact) mass is 356 g/mol. The molecule has 0 radical (unpaired) electrons. The van der Waals surface area contributed by atoms with Crippen LogP contribution < -0.4 is 10.1 Å². The van der Waals surface area contributed by atoms with Gasteiger partial charge in [0.25, 0.3) is 5.91 Å². The zero-order valence-electron chi connectivity index (χ0n) is 15.7.